The van der Waals surface area contributed by atoms with Crippen molar-refractivity contribution < 1.29 is 9.47 Å². The Morgan fingerprint density at radius 2 is 1.42 bits per heavy atom. The van der Waals surface area contributed by atoms with Crippen molar-refractivity contribution in [3.8, 4) is 0 Å². The van der Waals surface area contributed by atoms with Gasteiger partial charge in [-0.25, -0.2) is 0 Å². The van der Waals surface area contributed by atoms with E-state index >= 15 is 0 Å². The van der Waals surface area contributed by atoms with Gasteiger partial charge in [-0.1, -0.05) is 86.7 Å². The standard InChI is InChI=1S/C45H46N3/c1-44(2)39(46(5)37-25-21-31-15-8-10-19-35(31)41(37)44)27-23-33-17-14-18-34(43(33)48-29-12-7-13-30-48)24-28-40-45(3,4)42-36-20-11-9-16-32(36)22-26-38(42)47(40)6/h7-13,15-16,19-30,39H,14,17-18H2,1-6H3/q+1/p+1/b27-23+,34-24+,40-28+. The molecule has 2 atom stereocenters. The molecule has 3 nitrogen and oxygen atoms in total. The fourth-order valence-electron chi connectivity index (χ4n) is 9.25. The normalized spacial score (nSPS) is 23.2. The molecule has 0 saturated carbocycles. The van der Waals surface area contributed by atoms with Gasteiger partial charge in [0.25, 0.3) is 0 Å². The Kier molecular flexibility index (Phi) is 7.30. The summed E-state index contributed by atoms with van der Waals surface area (Å²) in [6, 6.07) is 33.7. The Labute approximate surface area is 285 Å². The topological polar surface area (TPSA) is 11.6 Å². The van der Waals surface area contributed by atoms with E-state index in [1.54, 1.807) is 0 Å². The second kappa shape index (κ2) is 11.5. The summed E-state index contributed by atoms with van der Waals surface area (Å²) in [6.45, 7) is 9.63. The van der Waals surface area contributed by atoms with Crippen molar-refractivity contribution in [3.63, 3.8) is 0 Å². The van der Waals surface area contributed by atoms with E-state index in [2.05, 4.69) is 179 Å². The second-order valence-corrected chi connectivity index (χ2v) is 15.1. The number of fused-ring (bicyclic) bond motifs is 6. The number of hydrogen-bond donors (Lipinski definition) is 1. The molecule has 0 spiro atoms. The SMILES string of the molecule is CN1/C(=C/C=C2\CCCC(/C=C/C3[NH+](C)c4ccc5ccccc5c4C3(C)C)=C2[n+]2ccccc2)C(C)(C)c2c1ccc1ccccc21. The summed E-state index contributed by atoms with van der Waals surface area (Å²) >= 11 is 0. The third-order valence-corrected chi connectivity index (χ3v) is 11.5. The highest BCUT2D eigenvalue weighted by Gasteiger charge is 2.47. The molecule has 0 bridgehead atoms. The highest BCUT2D eigenvalue weighted by atomic mass is 15.2. The van der Waals surface area contributed by atoms with Crippen LogP contribution in [0.15, 0.2) is 145 Å². The summed E-state index contributed by atoms with van der Waals surface area (Å²) < 4.78 is 2.34. The first kappa shape index (κ1) is 30.6. The molecule has 0 radical (unpaired) electrons. The number of aromatic nitrogens is 1. The zero-order valence-electron chi connectivity index (χ0n) is 29.2. The first-order valence-electron chi connectivity index (χ1n) is 17.6. The fraction of sp³-hybridized carbons (Fsp3) is 0.267. The van der Waals surface area contributed by atoms with Crippen molar-refractivity contribution in [3.05, 3.63) is 156 Å². The van der Waals surface area contributed by atoms with Crippen LogP contribution in [0.4, 0.5) is 11.4 Å². The lowest BCUT2D eigenvalue weighted by Crippen LogP contribution is -3.07. The van der Waals surface area contributed by atoms with E-state index in [0.29, 0.717) is 6.04 Å². The molecule has 0 amide bonds. The minimum Gasteiger partial charge on any atom is -0.347 e. The molecule has 1 aromatic heterocycles. The molecule has 8 rings (SSSR count). The minimum atomic E-state index is -0.107. The van der Waals surface area contributed by atoms with E-state index in [-0.39, 0.29) is 10.8 Å². The third-order valence-electron chi connectivity index (χ3n) is 11.5. The number of rotatable bonds is 4. The van der Waals surface area contributed by atoms with Crippen molar-refractivity contribution in [2.45, 2.75) is 63.8 Å². The van der Waals surface area contributed by atoms with Crippen molar-refractivity contribution in [1.29, 1.82) is 0 Å². The molecule has 2 unspecified atom stereocenters. The first-order valence-corrected chi connectivity index (χ1v) is 17.6. The van der Waals surface area contributed by atoms with Gasteiger partial charge in [-0.2, -0.15) is 4.57 Å². The van der Waals surface area contributed by atoms with Crippen LogP contribution in [-0.2, 0) is 10.8 Å². The van der Waals surface area contributed by atoms with Crippen LogP contribution >= 0.6 is 0 Å². The smallest absolute Gasteiger partial charge is 0.216 e. The summed E-state index contributed by atoms with van der Waals surface area (Å²) in [7, 11) is 4.58. The van der Waals surface area contributed by atoms with Crippen LogP contribution < -0.4 is 14.4 Å². The Morgan fingerprint density at radius 3 is 2.15 bits per heavy atom. The van der Waals surface area contributed by atoms with E-state index in [9.17, 15) is 0 Å². The minimum absolute atomic E-state index is 0.00691. The molecule has 0 fully saturated rings. The lowest BCUT2D eigenvalue weighted by molar-refractivity contribution is -0.828. The Hall–Kier alpha value is -4.73. The Balaban J connectivity index is 1.20. The number of hydrogen-bond acceptors (Lipinski definition) is 1. The molecule has 1 aliphatic carbocycles. The van der Waals surface area contributed by atoms with Crippen LogP contribution in [0.25, 0.3) is 27.2 Å². The van der Waals surface area contributed by atoms with Crippen molar-refractivity contribution in [2.24, 2.45) is 0 Å². The van der Waals surface area contributed by atoms with Gasteiger partial charge >= 0.3 is 0 Å². The van der Waals surface area contributed by atoms with Gasteiger partial charge in [0.05, 0.1) is 12.5 Å². The maximum Gasteiger partial charge on any atom is 0.216 e. The maximum atomic E-state index is 2.51. The van der Waals surface area contributed by atoms with Crippen LogP contribution in [-0.4, -0.2) is 20.1 Å². The van der Waals surface area contributed by atoms with Crippen LogP contribution in [0.3, 0.4) is 0 Å². The lowest BCUT2D eigenvalue weighted by Gasteiger charge is -2.26. The van der Waals surface area contributed by atoms with Crippen molar-refractivity contribution in [2.75, 3.05) is 19.0 Å². The number of nitrogens with one attached hydrogen (secondary N) is 1. The van der Waals surface area contributed by atoms with Crippen molar-refractivity contribution >= 4 is 38.6 Å². The average molecular weight is 630 g/mol. The number of allylic oxidation sites excluding steroid dienone is 7. The number of nitrogens with zero attached hydrogens (tertiary/aromatic N) is 2. The molecule has 4 aromatic carbocycles. The zero-order valence-corrected chi connectivity index (χ0v) is 29.2. The molecule has 1 N–H and O–H groups in total. The number of likely N-dealkylation sites (N-methyl/N-ethyl adjacent to an activating group) is 2. The van der Waals surface area contributed by atoms with Gasteiger partial charge in [0.1, 0.15) is 11.7 Å². The van der Waals surface area contributed by atoms with Crippen LogP contribution in [0.5, 0.6) is 0 Å². The van der Waals surface area contributed by atoms with E-state index in [4.69, 9.17) is 0 Å². The van der Waals surface area contributed by atoms with Crippen LogP contribution in [0.2, 0.25) is 0 Å². The Bertz CT molecular complexity index is 2190. The molecule has 3 heterocycles. The molecule has 48 heavy (non-hydrogen) atoms. The molecule has 5 aromatic rings. The largest absolute Gasteiger partial charge is 0.347 e. The van der Waals surface area contributed by atoms with Crippen LogP contribution in [0, 0.1) is 0 Å². The van der Waals surface area contributed by atoms with E-state index in [1.165, 1.54) is 71.5 Å². The van der Waals surface area contributed by atoms with Gasteiger partial charge in [-0.15, -0.1) is 0 Å². The van der Waals surface area contributed by atoms with E-state index in [0.717, 1.165) is 19.3 Å². The summed E-state index contributed by atoms with van der Waals surface area (Å²) in [5, 5.41) is 5.38. The van der Waals surface area contributed by atoms with E-state index in [1.807, 2.05) is 0 Å². The summed E-state index contributed by atoms with van der Waals surface area (Å²) in [5.74, 6) is 0. The lowest BCUT2D eigenvalue weighted by atomic mass is 9.78. The van der Waals surface area contributed by atoms with Gasteiger partial charge in [-0.05, 0) is 90.6 Å². The number of quaternary nitrogens is 1. The number of benzene rings is 4. The second-order valence-electron chi connectivity index (χ2n) is 15.1. The quantitative estimate of drug-likeness (QED) is 0.196. The average Bonchev–Trinajstić information content (AvgIpc) is 3.43. The molecule has 3 heteroatoms. The summed E-state index contributed by atoms with van der Waals surface area (Å²) in [6.07, 6.45) is 17.5. The predicted octanol–water partition coefficient (Wildman–Crippen LogP) is 8.98. The Morgan fingerprint density at radius 1 is 0.750 bits per heavy atom. The highest BCUT2D eigenvalue weighted by molar-refractivity contribution is 5.95. The van der Waals surface area contributed by atoms with Gasteiger partial charge in [-0.3, -0.25) is 4.90 Å². The van der Waals surface area contributed by atoms with Crippen LogP contribution in [0.1, 0.15) is 58.1 Å². The molecule has 2 aliphatic heterocycles. The zero-order chi connectivity index (χ0) is 33.2. The van der Waals surface area contributed by atoms with E-state index < -0.39 is 0 Å². The third kappa shape index (κ3) is 4.70. The van der Waals surface area contributed by atoms with Gasteiger partial charge in [0, 0.05) is 52.7 Å². The number of anilines is 1. The summed E-state index contributed by atoms with van der Waals surface area (Å²) in [4.78, 5) is 3.88. The van der Waals surface area contributed by atoms with Gasteiger partial charge in [0.2, 0.25) is 5.70 Å². The highest BCUT2D eigenvalue weighted by Crippen LogP contribution is 2.50. The number of pyridine rings is 1. The molecule has 3 aliphatic rings. The van der Waals surface area contributed by atoms with Gasteiger partial charge in [0.15, 0.2) is 12.4 Å². The molecule has 240 valence electrons. The molecule has 0 saturated heterocycles. The molecular weight excluding hydrogens is 583 g/mol. The van der Waals surface area contributed by atoms with Crippen molar-refractivity contribution in [1.82, 2.24) is 0 Å². The fourth-order valence-corrected chi connectivity index (χ4v) is 9.25. The van der Waals surface area contributed by atoms with Gasteiger partial charge < -0.3 is 4.90 Å². The molecular formula is C45H47N3+2. The predicted molar refractivity (Wildman–Crippen MR) is 202 cm³/mol. The first-order chi connectivity index (χ1) is 23.2. The maximum absolute atomic E-state index is 2.51. The summed E-state index contributed by atoms with van der Waals surface area (Å²) in [5.41, 5.74) is 11.0. The monoisotopic (exact) mass is 629 g/mol.